The highest BCUT2D eigenvalue weighted by Crippen LogP contribution is 2.42. The van der Waals surface area contributed by atoms with Crippen molar-refractivity contribution in [2.75, 3.05) is 13.2 Å². The third-order valence-corrected chi connectivity index (χ3v) is 6.27. The monoisotopic (exact) mass is 318 g/mol. The van der Waals surface area contributed by atoms with Crippen molar-refractivity contribution in [1.29, 1.82) is 0 Å². The van der Waals surface area contributed by atoms with Gasteiger partial charge in [0, 0.05) is 6.61 Å². The zero-order valence-corrected chi connectivity index (χ0v) is 15.3. The average molecular weight is 319 g/mol. The smallest absolute Gasteiger partial charge is 0.0647 e. The lowest BCUT2D eigenvalue weighted by Gasteiger charge is -2.38. The fraction of sp³-hybridized carbons (Fsp3) is 0.818. The van der Waals surface area contributed by atoms with Crippen molar-refractivity contribution < 1.29 is 4.74 Å². The summed E-state index contributed by atoms with van der Waals surface area (Å²) in [6, 6.07) is 0. The van der Waals surface area contributed by atoms with E-state index in [2.05, 4.69) is 31.7 Å². The molecule has 23 heavy (non-hydrogen) atoms. The largest absolute Gasteiger partial charge is 0.377 e. The second kappa shape index (κ2) is 11.1. The minimum Gasteiger partial charge on any atom is -0.377 e. The Labute approximate surface area is 144 Å². The lowest BCUT2D eigenvalue weighted by Crippen LogP contribution is -2.27. The summed E-state index contributed by atoms with van der Waals surface area (Å²) in [5, 5.41) is 0. The van der Waals surface area contributed by atoms with Gasteiger partial charge in [-0.15, -0.1) is 6.58 Å². The summed E-state index contributed by atoms with van der Waals surface area (Å²) in [5.74, 6) is 3.90. The molecule has 0 aromatic rings. The second-order valence-electron chi connectivity index (χ2n) is 7.89. The summed E-state index contributed by atoms with van der Waals surface area (Å²) < 4.78 is 5.76. The van der Waals surface area contributed by atoms with Crippen LogP contribution in [0.5, 0.6) is 0 Å². The molecule has 0 radical (unpaired) electrons. The number of unbranched alkanes of at least 4 members (excludes halogenated alkanes) is 1. The maximum atomic E-state index is 5.76. The Morgan fingerprint density at radius 2 is 1.52 bits per heavy atom. The lowest BCUT2D eigenvalue weighted by atomic mass is 9.69. The van der Waals surface area contributed by atoms with Crippen molar-refractivity contribution in [2.24, 2.45) is 23.7 Å². The van der Waals surface area contributed by atoms with Gasteiger partial charge in [0.15, 0.2) is 0 Å². The van der Waals surface area contributed by atoms with Crippen molar-refractivity contribution in [2.45, 2.75) is 77.6 Å². The first-order valence-corrected chi connectivity index (χ1v) is 10.1. The number of allylic oxidation sites excluding steroid dienone is 2. The fourth-order valence-corrected chi connectivity index (χ4v) is 4.72. The minimum absolute atomic E-state index is 0.798. The topological polar surface area (TPSA) is 9.23 Å². The molecule has 2 saturated carbocycles. The van der Waals surface area contributed by atoms with E-state index in [9.17, 15) is 0 Å². The summed E-state index contributed by atoms with van der Waals surface area (Å²) >= 11 is 0. The molecule has 2 rings (SSSR count). The van der Waals surface area contributed by atoms with Crippen LogP contribution in [0.25, 0.3) is 0 Å². The molecule has 0 unspecified atom stereocenters. The fourth-order valence-electron chi connectivity index (χ4n) is 4.72. The standard InChI is InChI=1S/C22H38O/c1-3-5-7-8-19-9-13-21(14-10-19)22-15-11-20(12-16-22)18-23-17-6-4-2/h3-4,6,19-22H,1,5,7-18H2,2H3/b6-4-/t19-,20?,21-,22?. The van der Waals surface area contributed by atoms with E-state index in [0.717, 1.165) is 36.9 Å². The molecular formula is C22H38O. The van der Waals surface area contributed by atoms with Gasteiger partial charge >= 0.3 is 0 Å². The van der Waals surface area contributed by atoms with Crippen LogP contribution in [-0.2, 0) is 4.74 Å². The molecular weight excluding hydrogens is 280 g/mol. The molecule has 0 atom stereocenters. The third kappa shape index (κ3) is 6.83. The summed E-state index contributed by atoms with van der Waals surface area (Å²) in [5.41, 5.74) is 0. The number of rotatable bonds is 9. The summed E-state index contributed by atoms with van der Waals surface area (Å²) in [7, 11) is 0. The molecule has 0 bridgehead atoms. The van der Waals surface area contributed by atoms with E-state index in [1.54, 1.807) is 0 Å². The molecule has 0 N–H and O–H groups in total. The van der Waals surface area contributed by atoms with Gasteiger partial charge in [0.05, 0.1) is 6.61 Å². The first-order chi connectivity index (χ1) is 11.3. The SMILES string of the molecule is C=CCCC[C@H]1CC[C@H](C2CCC(COC/C=C\C)CC2)CC1. The lowest BCUT2D eigenvalue weighted by molar-refractivity contribution is 0.0779. The molecule has 1 nitrogen and oxygen atoms in total. The van der Waals surface area contributed by atoms with Crippen LogP contribution in [0.2, 0.25) is 0 Å². The second-order valence-corrected chi connectivity index (χ2v) is 7.89. The Kier molecular flexibility index (Phi) is 9.04. The van der Waals surface area contributed by atoms with Gasteiger partial charge in [0.25, 0.3) is 0 Å². The first kappa shape index (κ1) is 18.8. The van der Waals surface area contributed by atoms with Crippen LogP contribution in [0.3, 0.4) is 0 Å². The highest BCUT2D eigenvalue weighted by atomic mass is 16.5. The Morgan fingerprint density at radius 3 is 2.09 bits per heavy atom. The molecule has 2 aliphatic rings. The quantitative estimate of drug-likeness (QED) is 0.346. The van der Waals surface area contributed by atoms with Gasteiger partial charge in [-0.2, -0.15) is 0 Å². The van der Waals surface area contributed by atoms with E-state index >= 15 is 0 Å². The van der Waals surface area contributed by atoms with Crippen LogP contribution in [0.15, 0.2) is 24.8 Å². The third-order valence-electron chi connectivity index (χ3n) is 6.27. The van der Waals surface area contributed by atoms with Crippen LogP contribution < -0.4 is 0 Å². The summed E-state index contributed by atoms with van der Waals surface area (Å²) in [4.78, 5) is 0. The Balaban J connectivity index is 1.58. The van der Waals surface area contributed by atoms with E-state index in [4.69, 9.17) is 4.74 Å². The molecule has 2 aliphatic carbocycles. The van der Waals surface area contributed by atoms with E-state index in [1.165, 1.54) is 70.6 Å². The first-order valence-electron chi connectivity index (χ1n) is 10.1. The zero-order valence-electron chi connectivity index (χ0n) is 15.3. The molecule has 0 amide bonds. The highest BCUT2D eigenvalue weighted by molar-refractivity contribution is 4.83. The predicted molar refractivity (Wildman–Crippen MR) is 101 cm³/mol. The van der Waals surface area contributed by atoms with Gasteiger partial charge in [-0.05, 0) is 82.0 Å². The van der Waals surface area contributed by atoms with Gasteiger partial charge in [-0.3, -0.25) is 0 Å². The molecule has 132 valence electrons. The summed E-state index contributed by atoms with van der Waals surface area (Å²) in [6.07, 6.45) is 22.0. The van der Waals surface area contributed by atoms with E-state index in [0.29, 0.717) is 0 Å². The normalized spacial score (nSPS) is 32.2. The minimum atomic E-state index is 0.798. The zero-order chi connectivity index (χ0) is 16.3. The van der Waals surface area contributed by atoms with E-state index in [-0.39, 0.29) is 0 Å². The summed E-state index contributed by atoms with van der Waals surface area (Å²) in [6.45, 7) is 7.67. The van der Waals surface area contributed by atoms with Crippen LogP contribution in [0.1, 0.15) is 77.6 Å². The van der Waals surface area contributed by atoms with Crippen LogP contribution in [-0.4, -0.2) is 13.2 Å². The van der Waals surface area contributed by atoms with Gasteiger partial charge in [0.2, 0.25) is 0 Å². The van der Waals surface area contributed by atoms with Gasteiger partial charge in [-0.1, -0.05) is 37.5 Å². The van der Waals surface area contributed by atoms with E-state index in [1.807, 2.05) is 0 Å². The molecule has 0 aromatic heterocycles. The van der Waals surface area contributed by atoms with Crippen LogP contribution >= 0.6 is 0 Å². The van der Waals surface area contributed by atoms with Gasteiger partial charge in [-0.25, -0.2) is 0 Å². The van der Waals surface area contributed by atoms with Crippen molar-refractivity contribution in [3.05, 3.63) is 24.8 Å². The molecule has 0 spiro atoms. The Bertz CT molecular complexity index is 330. The molecule has 1 heteroatoms. The van der Waals surface area contributed by atoms with Crippen molar-refractivity contribution in [3.63, 3.8) is 0 Å². The highest BCUT2D eigenvalue weighted by Gasteiger charge is 2.30. The Hall–Kier alpha value is -0.560. The van der Waals surface area contributed by atoms with Crippen molar-refractivity contribution in [1.82, 2.24) is 0 Å². The van der Waals surface area contributed by atoms with Gasteiger partial charge < -0.3 is 4.74 Å². The van der Waals surface area contributed by atoms with Gasteiger partial charge in [0.1, 0.15) is 0 Å². The van der Waals surface area contributed by atoms with Crippen molar-refractivity contribution >= 4 is 0 Å². The molecule has 0 aromatic carbocycles. The number of ether oxygens (including phenoxy) is 1. The Morgan fingerprint density at radius 1 is 0.913 bits per heavy atom. The molecule has 0 aliphatic heterocycles. The maximum absolute atomic E-state index is 5.76. The maximum Gasteiger partial charge on any atom is 0.0647 e. The number of hydrogen-bond acceptors (Lipinski definition) is 1. The molecule has 2 fully saturated rings. The average Bonchev–Trinajstić information content (AvgIpc) is 2.60. The van der Waals surface area contributed by atoms with Crippen LogP contribution in [0, 0.1) is 23.7 Å². The molecule has 0 heterocycles. The number of hydrogen-bond donors (Lipinski definition) is 0. The van der Waals surface area contributed by atoms with Crippen molar-refractivity contribution in [3.8, 4) is 0 Å². The predicted octanol–water partition coefficient (Wildman–Crippen LogP) is 6.55. The molecule has 0 saturated heterocycles. The van der Waals surface area contributed by atoms with E-state index < -0.39 is 0 Å². The van der Waals surface area contributed by atoms with Crippen LogP contribution in [0.4, 0.5) is 0 Å².